The van der Waals surface area contributed by atoms with Crippen molar-refractivity contribution in [2.75, 3.05) is 0 Å². The fraction of sp³-hybridized carbons (Fsp3) is 0.588. The second kappa shape index (κ2) is 7.63. The number of benzene rings is 1. The van der Waals surface area contributed by atoms with Gasteiger partial charge in [0.15, 0.2) is 5.11 Å². The first-order chi connectivity index (χ1) is 9.69. The monoisotopic (exact) mass is 290 g/mol. The van der Waals surface area contributed by atoms with E-state index in [1.807, 2.05) is 0 Å². The third-order valence-electron chi connectivity index (χ3n) is 4.18. The highest BCUT2D eigenvalue weighted by Gasteiger charge is 2.15. The van der Waals surface area contributed by atoms with Crippen LogP contribution in [0, 0.1) is 0 Å². The van der Waals surface area contributed by atoms with E-state index in [1.165, 1.54) is 43.2 Å². The summed E-state index contributed by atoms with van der Waals surface area (Å²) in [5, 5.41) is 7.66. The quantitative estimate of drug-likeness (QED) is 0.816. The molecule has 0 bridgehead atoms. The molecule has 2 nitrogen and oxygen atoms in total. The standard InChI is InChI=1S/C17H26N2S/c1-3-14-9-11-15(12-10-14)13(2)18-17(20)19-16-7-5-4-6-8-16/h9-13,16H,3-8H2,1-2H3,(H2,18,19,20)/t13-/m0/s1. The molecule has 20 heavy (non-hydrogen) atoms. The summed E-state index contributed by atoms with van der Waals surface area (Å²) >= 11 is 5.44. The Kier molecular flexibility index (Phi) is 5.84. The van der Waals surface area contributed by atoms with E-state index in [2.05, 4.69) is 48.7 Å². The molecule has 0 saturated heterocycles. The molecule has 1 atom stereocenters. The van der Waals surface area contributed by atoms with E-state index in [0.717, 1.165) is 11.5 Å². The smallest absolute Gasteiger partial charge is 0.166 e. The first-order valence-corrected chi connectivity index (χ1v) is 8.25. The van der Waals surface area contributed by atoms with Gasteiger partial charge in [-0.15, -0.1) is 0 Å². The Morgan fingerprint density at radius 1 is 1.20 bits per heavy atom. The molecule has 1 aromatic rings. The SMILES string of the molecule is CCc1ccc([C@H](C)NC(=S)NC2CCCCC2)cc1. The van der Waals surface area contributed by atoms with Crippen LogP contribution in [0.3, 0.4) is 0 Å². The van der Waals surface area contributed by atoms with Crippen molar-refractivity contribution in [1.29, 1.82) is 0 Å². The minimum atomic E-state index is 0.254. The summed E-state index contributed by atoms with van der Waals surface area (Å²) in [5.74, 6) is 0. The van der Waals surface area contributed by atoms with Gasteiger partial charge in [0.05, 0.1) is 6.04 Å². The summed E-state index contributed by atoms with van der Waals surface area (Å²) in [6, 6.07) is 9.61. The molecule has 0 amide bonds. The van der Waals surface area contributed by atoms with Crippen LogP contribution < -0.4 is 10.6 Å². The van der Waals surface area contributed by atoms with Crippen molar-refractivity contribution >= 4 is 17.3 Å². The van der Waals surface area contributed by atoms with Crippen LogP contribution in [0.5, 0.6) is 0 Å². The van der Waals surface area contributed by atoms with Gasteiger partial charge in [-0.2, -0.15) is 0 Å². The van der Waals surface area contributed by atoms with Crippen molar-refractivity contribution in [3.8, 4) is 0 Å². The number of rotatable bonds is 4. The molecule has 2 rings (SSSR count). The molecule has 0 unspecified atom stereocenters. The number of thiocarbonyl (C=S) groups is 1. The topological polar surface area (TPSA) is 24.1 Å². The molecular weight excluding hydrogens is 264 g/mol. The van der Waals surface area contributed by atoms with Crippen LogP contribution in [0.15, 0.2) is 24.3 Å². The van der Waals surface area contributed by atoms with E-state index in [9.17, 15) is 0 Å². The van der Waals surface area contributed by atoms with E-state index in [0.29, 0.717) is 6.04 Å². The van der Waals surface area contributed by atoms with E-state index in [1.54, 1.807) is 0 Å². The maximum atomic E-state index is 5.44. The van der Waals surface area contributed by atoms with Crippen LogP contribution in [0.2, 0.25) is 0 Å². The second-order valence-corrected chi connectivity index (χ2v) is 6.18. The fourth-order valence-corrected chi connectivity index (χ4v) is 3.14. The van der Waals surface area contributed by atoms with Crippen LogP contribution >= 0.6 is 12.2 Å². The van der Waals surface area contributed by atoms with Crippen LogP contribution in [-0.2, 0) is 6.42 Å². The molecule has 3 heteroatoms. The summed E-state index contributed by atoms with van der Waals surface area (Å²) < 4.78 is 0. The Morgan fingerprint density at radius 3 is 2.45 bits per heavy atom. The van der Waals surface area contributed by atoms with Crippen molar-refractivity contribution < 1.29 is 0 Å². The zero-order valence-corrected chi connectivity index (χ0v) is 13.4. The first kappa shape index (κ1) is 15.3. The van der Waals surface area contributed by atoms with E-state index in [-0.39, 0.29) is 6.04 Å². The molecule has 110 valence electrons. The predicted molar refractivity (Wildman–Crippen MR) is 90.0 cm³/mol. The number of nitrogens with one attached hydrogen (secondary N) is 2. The zero-order valence-electron chi connectivity index (χ0n) is 12.6. The Balaban J connectivity index is 1.82. The predicted octanol–water partition coefficient (Wildman–Crippen LogP) is 4.11. The Hall–Kier alpha value is -1.09. The molecule has 1 saturated carbocycles. The normalized spacial score (nSPS) is 17.5. The maximum Gasteiger partial charge on any atom is 0.166 e. The summed E-state index contributed by atoms with van der Waals surface area (Å²) in [6.07, 6.45) is 7.62. The van der Waals surface area contributed by atoms with Gasteiger partial charge in [-0.05, 0) is 49.5 Å². The molecule has 1 aliphatic carbocycles. The van der Waals surface area contributed by atoms with Crippen LogP contribution in [0.4, 0.5) is 0 Å². The largest absolute Gasteiger partial charge is 0.360 e. The van der Waals surface area contributed by atoms with Crippen molar-refractivity contribution in [2.24, 2.45) is 0 Å². The minimum absolute atomic E-state index is 0.254. The second-order valence-electron chi connectivity index (χ2n) is 5.77. The highest BCUT2D eigenvalue weighted by Crippen LogP contribution is 2.18. The summed E-state index contributed by atoms with van der Waals surface area (Å²) in [4.78, 5) is 0. The molecule has 0 aliphatic heterocycles. The van der Waals surface area contributed by atoms with Gasteiger partial charge in [0, 0.05) is 6.04 Å². The zero-order chi connectivity index (χ0) is 14.4. The Bertz CT molecular complexity index is 421. The van der Waals surface area contributed by atoms with Crippen molar-refractivity contribution in [2.45, 2.75) is 64.5 Å². The average Bonchev–Trinajstić information content (AvgIpc) is 2.48. The lowest BCUT2D eigenvalue weighted by molar-refractivity contribution is 0.411. The molecule has 0 aromatic heterocycles. The molecular formula is C17H26N2S. The van der Waals surface area contributed by atoms with Gasteiger partial charge >= 0.3 is 0 Å². The Labute approximate surface area is 128 Å². The summed E-state index contributed by atoms with van der Waals surface area (Å²) in [7, 11) is 0. The molecule has 1 aromatic carbocycles. The van der Waals surface area contributed by atoms with Crippen LogP contribution in [0.25, 0.3) is 0 Å². The van der Waals surface area contributed by atoms with Crippen LogP contribution in [-0.4, -0.2) is 11.2 Å². The molecule has 2 N–H and O–H groups in total. The number of hydrogen-bond donors (Lipinski definition) is 2. The third-order valence-corrected chi connectivity index (χ3v) is 4.41. The van der Waals surface area contributed by atoms with Gasteiger partial charge in [-0.25, -0.2) is 0 Å². The van der Waals surface area contributed by atoms with Crippen LogP contribution in [0.1, 0.15) is 63.1 Å². The van der Waals surface area contributed by atoms with Gasteiger partial charge in [0.1, 0.15) is 0 Å². The molecule has 0 spiro atoms. The maximum absolute atomic E-state index is 5.44. The van der Waals surface area contributed by atoms with Crippen molar-refractivity contribution in [1.82, 2.24) is 10.6 Å². The molecule has 1 fully saturated rings. The van der Waals surface area contributed by atoms with E-state index in [4.69, 9.17) is 12.2 Å². The fourth-order valence-electron chi connectivity index (χ4n) is 2.80. The van der Waals surface area contributed by atoms with Crippen molar-refractivity contribution in [3.05, 3.63) is 35.4 Å². The number of hydrogen-bond acceptors (Lipinski definition) is 1. The van der Waals surface area contributed by atoms with Gasteiger partial charge in [-0.1, -0.05) is 50.5 Å². The highest BCUT2D eigenvalue weighted by molar-refractivity contribution is 7.80. The minimum Gasteiger partial charge on any atom is -0.360 e. The average molecular weight is 290 g/mol. The first-order valence-electron chi connectivity index (χ1n) is 7.85. The third kappa shape index (κ3) is 4.48. The van der Waals surface area contributed by atoms with Gasteiger partial charge < -0.3 is 10.6 Å². The van der Waals surface area contributed by atoms with Gasteiger partial charge in [0.25, 0.3) is 0 Å². The molecule has 0 radical (unpaired) electrons. The lowest BCUT2D eigenvalue weighted by atomic mass is 9.96. The number of aryl methyl sites for hydroxylation is 1. The van der Waals surface area contributed by atoms with E-state index < -0.39 is 0 Å². The van der Waals surface area contributed by atoms with Gasteiger partial charge in [0.2, 0.25) is 0 Å². The van der Waals surface area contributed by atoms with E-state index >= 15 is 0 Å². The molecule has 1 aliphatic rings. The lowest BCUT2D eigenvalue weighted by Gasteiger charge is -2.26. The lowest BCUT2D eigenvalue weighted by Crippen LogP contribution is -2.43. The molecule has 0 heterocycles. The highest BCUT2D eigenvalue weighted by atomic mass is 32.1. The van der Waals surface area contributed by atoms with Crippen molar-refractivity contribution in [3.63, 3.8) is 0 Å². The van der Waals surface area contributed by atoms with Gasteiger partial charge in [-0.3, -0.25) is 0 Å². The Morgan fingerprint density at radius 2 is 1.85 bits per heavy atom. The summed E-state index contributed by atoms with van der Waals surface area (Å²) in [6.45, 7) is 4.34. The summed E-state index contributed by atoms with van der Waals surface area (Å²) in [5.41, 5.74) is 2.67.